The van der Waals surface area contributed by atoms with E-state index in [0.717, 1.165) is 12.2 Å². The van der Waals surface area contributed by atoms with Crippen molar-refractivity contribution < 1.29 is 18.3 Å². The lowest BCUT2D eigenvalue weighted by molar-refractivity contribution is -0.0498. The van der Waals surface area contributed by atoms with Gasteiger partial charge in [-0.1, -0.05) is 6.07 Å². The Morgan fingerprint density at radius 1 is 1.41 bits per heavy atom. The zero-order valence-corrected chi connectivity index (χ0v) is 12.3. The maximum absolute atomic E-state index is 12.2. The Balaban J connectivity index is 2.05. The minimum atomic E-state index is -2.92. The zero-order valence-electron chi connectivity index (χ0n) is 12.3. The van der Waals surface area contributed by atoms with Gasteiger partial charge in [0.05, 0.1) is 11.7 Å². The van der Waals surface area contributed by atoms with Crippen LogP contribution in [0.3, 0.4) is 0 Å². The Hall–Kier alpha value is -2.44. The van der Waals surface area contributed by atoms with Crippen LogP contribution in [0, 0.1) is 0 Å². The minimum Gasteiger partial charge on any atom is -0.435 e. The van der Waals surface area contributed by atoms with Gasteiger partial charge in [0.15, 0.2) is 0 Å². The van der Waals surface area contributed by atoms with E-state index in [0.29, 0.717) is 0 Å². The van der Waals surface area contributed by atoms with Crippen molar-refractivity contribution in [2.45, 2.75) is 33.0 Å². The van der Waals surface area contributed by atoms with Gasteiger partial charge >= 0.3 is 6.61 Å². The van der Waals surface area contributed by atoms with E-state index in [9.17, 15) is 13.6 Å². The van der Waals surface area contributed by atoms with Crippen LogP contribution in [-0.4, -0.2) is 22.3 Å². The van der Waals surface area contributed by atoms with Crippen molar-refractivity contribution in [2.24, 2.45) is 0 Å². The molecule has 22 heavy (non-hydrogen) atoms. The summed E-state index contributed by atoms with van der Waals surface area (Å²) in [4.78, 5) is 12.2. The number of carbonyl (C=O) groups is 1. The van der Waals surface area contributed by atoms with Crippen molar-refractivity contribution in [2.75, 3.05) is 0 Å². The molecule has 0 saturated carbocycles. The van der Waals surface area contributed by atoms with Gasteiger partial charge in [-0.15, -0.1) is 0 Å². The highest BCUT2D eigenvalue weighted by Crippen LogP contribution is 2.17. The molecule has 1 unspecified atom stereocenters. The molecule has 2 aromatic rings. The van der Waals surface area contributed by atoms with Gasteiger partial charge in [0.1, 0.15) is 5.75 Å². The molecule has 5 nitrogen and oxygen atoms in total. The fraction of sp³-hybridized carbons (Fsp3) is 0.333. The zero-order chi connectivity index (χ0) is 16.1. The number of alkyl halides is 2. The number of aryl methyl sites for hydroxylation is 1. The number of hydrogen-bond acceptors (Lipinski definition) is 3. The number of carbonyl (C=O) groups excluding carboxylic acids is 1. The lowest BCUT2D eigenvalue weighted by Crippen LogP contribution is -2.27. The van der Waals surface area contributed by atoms with Gasteiger partial charge in [0.25, 0.3) is 5.91 Å². The molecule has 1 atom stereocenters. The number of amides is 1. The summed E-state index contributed by atoms with van der Waals surface area (Å²) in [6.07, 6.45) is 1.83. The summed E-state index contributed by atoms with van der Waals surface area (Å²) in [5, 5.41) is 7.08. The number of nitrogens with zero attached hydrogens (tertiary/aromatic N) is 2. The Labute approximate surface area is 126 Å². The van der Waals surface area contributed by atoms with Gasteiger partial charge in [0.2, 0.25) is 0 Å². The second-order valence-corrected chi connectivity index (χ2v) is 4.70. The molecule has 2 rings (SSSR count). The number of benzene rings is 1. The van der Waals surface area contributed by atoms with Crippen molar-refractivity contribution in [1.29, 1.82) is 0 Å². The number of halogens is 2. The molecule has 7 heteroatoms. The van der Waals surface area contributed by atoms with Crippen LogP contribution in [0.1, 0.15) is 35.9 Å². The lowest BCUT2D eigenvalue weighted by atomic mass is 10.1. The van der Waals surface area contributed by atoms with E-state index in [1.165, 1.54) is 24.3 Å². The fourth-order valence-electron chi connectivity index (χ4n) is 1.95. The first-order valence-electron chi connectivity index (χ1n) is 6.88. The molecule has 0 aliphatic carbocycles. The van der Waals surface area contributed by atoms with Crippen molar-refractivity contribution >= 4 is 5.91 Å². The number of rotatable bonds is 6. The predicted octanol–water partition coefficient (Wildman–Crippen LogP) is 3.00. The molecule has 1 heterocycles. The molecule has 0 radical (unpaired) electrons. The highest BCUT2D eigenvalue weighted by molar-refractivity contribution is 5.94. The fourth-order valence-corrected chi connectivity index (χ4v) is 1.95. The molecular formula is C15H17F2N3O2. The normalized spacial score (nSPS) is 12.2. The molecule has 0 saturated heterocycles. The van der Waals surface area contributed by atoms with Gasteiger partial charge in [-0.25, -0.2) is 0 Å². The lowest BCUT2D eigenvalue weighted by Gasteiger charge is -2.12. The van der Waals surface area contributed by atoms with E-state index in [1.54, 1.807) is 11.6 Å². The van der Waals surface area contributed by atoms with E-state index < -0.39 is 6.61 Å². The molecule has 1 N–H and O–H groups in total. The van der Waals surface area contributed by atoms with Crippen LogP contribution in [0.5, 0.6) is 5.75 Å². The first-order chi connectivity index (χ1) is 10.5. The van der Waals surface area contributed by atoms with E-state index in [-0.39, 0.29) is 23.3 Å². The van der Waals surface area contributed by atoms with Gasteiger partial charge in [-0.05, 0) is 38.1 Å². The maximum atomic E-state index is 12.2. The Bertz CT molecular complexity index is 643. The highest BCUT2D eigenvalue weighted by Gasteiger charge is 2.14. The molecule has 0 aliphatic rings. The summed E-state index contributed by atoms with van der Waals surface area (Å²) in [6.45, 7) is 1.59. The van der Waals surface area contributed by atoms with Crippen LogP contribution in [-0.2, 0) is 6.54 Å². The van der Waals surface area contributed by atoms with E-state index >= 15 is 0 Å². The van der Waals surface area contributed by atoms with Crippen molar-refractivity contribution in [3.05, 3.63) is 47.8 Å². The van der Waals surface area contributed by atoms with E-state index in [4.69, 9.17) is 0 Å². The summed E-state index contributed by atoms with van der Waals surface area (Å²) in [5.74, 6) is -0.427. The highest BCUT2D eigenvalue weighted by atomic mass is 19.3. The van der Waals surface area contributed by atoms with Crippen LogP contribution in [0.15, 0.2) is 36.5 Å². The first-order valence-corrected chi connectivity index (χ1v) is 6.88. The van der Waals surface area contributed by atoms with E-state index in [1.807, 2.05) is 19.2 Å². The second kappa shape index (κ2) is 7.02. The molecule has 0 spiro atoms. The quantitative estimate of drug-likeness (QED) is 0.892. The molecule has 0 fully saturated rings. The van der Waals surface area contributed by atoms with Gasteiger partial charge < -0.3 is 10.1 Å². The molecule has 1 aromatic carbocycles. The number of ether oxygens (including phenoxy) is 1. The average molecular weight is 309 g/mol. The molecule has 1 amide bonds. The standard InChI is InChI=1S/C15H17F2N3O2/c1-3-20-8-7-13(19-20)10(2)18-14(21)11-5-4-6-12(9-11)22-15(16)17/h4-10,15H,3H2,1-2H3,(H,18,21). The Kier molecular flexibility index (Phi) is 5.08. The van der Waals surface area contributed by atoms with Crippen molar-refractivity contribution in [1.82, 2.24) is 15.1 Å². The number of aromatic nitrogens is 2. The summed E-state index contributed by atoms with van der Waals surface area (Å²) in [6, 6.07) is 7.20. The van der Waals surface area contributed by atoms with Crippen LogP contribution in [0.25, 0.3) is 0 Å². The van der Waals surface area contributed by atoms with Gasteiger partial charge in [-0.3, -0.25) is 9.48 Å². The molecule has 118 valence electrons. The van der Waals surface area contributed by atoms with Gasteiger partial charge in [-0.2, -0.15) is 13.9 Å². The average Bonchev–Trinajstić information content (AvgIpc) is 2.95. The smallest absolute Gasteiger partial charge is 0.387 e. The maximum Gasteiger partial charge on any atom is 0.387 e. The van der Waals surface area contributed by atoms with Crippen molar-refractivity contribution in [3.8, 4) is 5.75 Å². The molecule has 1 aromatic heterocycles. The monoisotopic (exact) mass is 309 g/mol. The SMILES string of the molecule is CCn1ccc(C(C)NC(=O)c2cccc(OC(F)F)c2)n1. The molecule has 0 bridgehead atoms. The summed E-state index contributed by atoms with van der Waals surface area (Å²) in [7, 11) is 0. The summed E-state index contributed by atoms with van der Waals surface area (Å²) >= 11 is 0. The topological polar surface area (TPSA) is 56.2 Å². The van der Waals surface area contributed by atoms with Crippen LogP contribution >= 0.6 is 0 Å². The number of nitrogens with one attached hydrogen (secondary N) is 1. The van der Waals surface area contributed by atoms with Gasteiger partial charge in [0, 0.05) is 18.3 Å². The van der Waals surface area contributed by atoms with E-state index in [2.05, 4.69) is 15.2 Å². The Morgan fingerprint density at radius 2 is 2.18 bits per heavy atom. The minimum absolute atomic E-state index is 0.0504. The third-order valence-corrected chi connectivity index (χ3v) is 3.10. The van der Waals surface area contributed by atoms with Crippen LogP contribution < -0.4 is 10.1 Å². The number of hydrogen-bond donors (Lipinski definition) is 1. The molecular weight excluding hydrogens is 292 g/mol. The third-order valence-electron chi connectivity index (χ3n) is 3.10. The first kappa shape index (κ1) is 15.9. The third kappa shape index (κ3) is 4.03. The summed E-state index contributed by atoms with van der Waals surface area (Å²) in [5.41, 5.74) is 0.982. The second-order valence-electron chi connectivity index (χ2n) is 4.70. The van der Waals surface area contributed by atoms with Crippen LogP contribution in [0.4, 0.5) is 8.78 Å². The largest absolute Gasteiger partial charge is 0.435 e. The predicted molar refractivity (Wildman–Crippen MR) is 76.9 cm³/mol. The van der Waals surface area contributed by atoms with Crippen molar-refractivity contribution in [3.63, 3.8) is 0 Å². The Morgan fingerprint density at radius 3 is 2.82 bits per heavy atom. The summed E-state index contributed by atoms with van der Waals surface area (Å²) < 4.78 is 30.4. The van der Waals surface area contributed by atoms with Crippen LogP contribution in [0.2, 0.25) is 0 Å². The molecule has 0 aliphatic heterocycles.